The minimum Gasteiger partial charge on any atom is -0.271 e. The number of unbranched alkanes of at least 4 members (excludes halogenated alkanes) is 1. The van der Waals surface area contributed by atoms with Gasteiger partial charge in [-0.3, -0.25) is 4.68 Å². The van der Waals surface area contributed by atoms with Crippen LogP contribution in [0.5, 0.6) is 0 Å². The van der Waals surface area contributed by atoms with Crippen LogP contribution in [0.25, 0.3) is 0 Å². The van der Waals surface area contributed by atoms with E-state index in [9.17, 15) is 0 Å². The van der Waals surface area contributed by atoms with Crippen LogP contribution >= 0.6 is 11.6 Å². The number of nitriles is 1. The lowest BCUT2D eigenvalue weighted by atomic mass is 10.3. The first-order chi connectivity index (χ1) is 5.33. The normalized spacial score (nSPS) is 9.45. The van der Waals surface area contributed by atoms with Crippen LogP contribution in [0.1, 0.15) is 12.8 Å². The number of rotatable bonds is 3. The van der Waals surface area contributed by atoms with Crippen molar-refractivity contribution in [3.05, 3.63) is 17.4 Å². The maximum absolute atomic E-state index is 8.24. The van der Waals surface area contributed by atoms with Gasteiger partial charge in [0.05, 0.1) is 17.3 Å². The zero-order chi connectivity index (χ0) is 8.10. The van der Waals surface area contributed by atoms with Gasteiger partial charge in [-0.15, -0.1) is 0 Å². The zero-order valence-electron chi connectivity index (χ0n) is 6.00. The molecule has 0 bridgehead atoms. The number of halogens is 1. The van der Waals surface area contributed by atoms with E-state index in [4.69, 9.17) is 16.9 Å². The Labute approximate surface area is 70.2 Å². The van der Waals surface area contributed by atoms with Crippen molar-refractivity contribution in [1.82, 2.24) is 9.78 Å². The van der Waals surface area contributed by atoms with Crippen molar-refractivity contribution in [3.63, 3.8) is 0 Å². The summed E-state index contributed by atoms with van der Waals surface area (Å²) in [5.41, 5.74) is 0. The first-order valence-corrected chi connectivity index (χ1v) is 3.75. The molecule has 1 rings (SSSR count). The van der Waals surface area contributed by atoms with E-state index in [1.165, 1.54) is 0 Å². The molecular formula is C7H8ClN3. The molecule has 11 heavy (non-hydrogen) atoms. The minimum absolute atomic E-state index is 0.567. The summed E-state index contributed by atoms with van der Waals surface area (Å²) >= 11 is 5.62. The van der Waals surface area contributed by atoms with Gasteiger partial charge in [0.1, 0.15) is 0 Å². The van der Waals surface area contributed by atoms with E-state index in [1.54, 1.807) is 17.1 Å². The molecular weight excluding hydrogens is 162 g/mol. The summed E-state index contributed by atoms with van der Waals surface area (Å²) in [4.78, 5) is 0. The maximum atomic E-state index is 8.24. The summed E-state index contributed by atoms with van der Waals surface area (Å²) in [6.07, 6.45) is 4.73. The van der Waals surface area contributed by atoms with Gasteiger partial charge in [-0.2, -0.15) is 10.4 Å². The van der Waals surface area contributed by atoms with Crippen molar-refractivity contribution in [2.75, 3.05) is 0 Å². The molecule has 0 unspecified atom stereocenters. The molecule has 1 aromatic rings. The van der Waals surface area contributed by atoms with Crippen LogP contribution in [0.15, 0.2) is 12.4 Å². The van der Waals surface area contributed by atoms with Crippen molar-refractivity contribution < 1.29 is 0 Å². The second-order valence-electron chi connectivity index (χ2n) is 2.18. The Kier molecular flexibility index (Phi) is 2.94. The van der Waals surface area contributed by atoms with Crippen LogP contribution in [0.4, 0.5) is 0 Å². The molecule has 58 valence electrons. The molecule has 0 aliphatic rings. The smallest absolute Gasteiger partial charge is 0.0785 e. The maximum Gasteiger partial charge on any atom is 0.0785 e. The fourth-order valence-electron chi connectivity index (χ4n) is 0.781. The van der Waals surface area contributed by atoms with Crippen molar-refractivity contribution in [2.45, 2.75) is 19.4 Å². The molecule has 1 heterocycles. The van der Waals surface area contributed by atoms with Crippen LogP contribution in [0.2, 0.25) is 5.02 Å². The number of aromatic nitrogens is 2. The highest BCUT2D eigenvalue weighted by Crippen LogP contribution is 2.05. The molecule has 0 spiro atoms. The van der Waals surface area contributed by atoms with Gasteiger partial charge in [-0.25, -0.2) is 0 Å². The number of nitrogens with zero attached hydrogens (tertiary/aromatic N) is 3. The Bertz CT molecular complexity index is 261. The molecule has 0 saturated carbocycles. The highest BCUT2D eigenvalue weighted by molar-refractivity contribution is 6.30. The molecule has 0 aliphatic carbocycles. The fraction of sp³-hybridized carbons (Fsp3) is 0.429. The lowest BCUT2D eigenvalue weighted by Gasteiger charge is -1.95. The number of hydrogen-bond acceptors (Lipinski definition) is 2. The first-order valence-electron chi connectivity index (χ1n) is 3.38. The van der Waals surface area contributed by atoms with Gasteiger partial charge in [0.25, 0.3) is 0 Å². The van der Waals surface area contributed by atoms with E-state index in [0.717, 1.165) is 13.0 Å². The van der Waals surface area contributed by atoms with E-state index < -0.39 is 0 Å². The summed E-state index contributed by atoms with van der Waals surface area (Å²) in [5.74, 6) is 0. The summed E-state index contributed by atoms with van der Waals surface area (Å²) in [6.45, 7) is 0.764. The molecule has 0 aromatic carbocycles. The molecule has 0 radical (unpaired) electrons. The molecule has 0 saturated heterocycles. The third-order valence-electron chi connectivity index (χ3n) is 1.28. The summed E-state index contributed by atoms with van der Waals surface area (Å²) in [7, 11) is 0. The molecule has 1 aromatic heterocycles. The Morgan fingerprint density at radius 3 is 3.09 bits per heavy atom. The van der Waals surface area contributed by atoms with Crippen molar-refractivity contribution in [3.8, 4) is 6.07 Å². The second kappa shape index (κ2) is 3.99. The monoisotopic (exact) mass is 169 g/mol. The topological polar surface area (TPSA) is 41.6 Å². The zero-order valence-corrected chi connectivity index (χ0v) is 6.75. The Balaban J connectivity index is 2.34. The van der Waals surface area contributed by atoms with E-state index in [0.29, 0.717) is 11.4 Å². The quantitative estimate of drug-likeness (QED) is 0.648. The predicted octanol–water partition coefficient (Wildman–Crippen LogP) is 1.84. The van der Waals surface area contributed by atoms with E-state index in [-0.39, 0.29) is 0 Å². The fourth-order valence-corrected chi connectivity index (χ4v) is 0.937. The number of aryl methyl sites for hydroxylation is 1. The van der Waals surface area contributed by atoms with Crippen LogP contribution in [0, 0.1) is 11.3 Å². The van der Waals surface area contributed by atoms with Gasteiger partial charge in [0, 0.05) is 19.2 Å². The first kappa shape index (κ1) is 8.09. The lowest BCUT2D eigenvalue weighted by molar-refractivity contribution is 0.586. The van der Waals surface area contributed by atoms with Gasteiger partial charge >= 0.3 is 0 Å². The van der Waals surface area contributed by atoms with Crippen molar-refractivity contribution >= 4 is 11.6 Å². The summed E-state index contributed by atoms with van der Waals surface area (Å²) < 4.78 is 1.74. The van der Waals surface area contributed by atoms with E-state index >= 15 is 0 Å². The highest BCUT2D eigenvalue weighted by Gasteiger charge is 1.93. The van der Waals surface area contributed by atoms with Gasteiger partial charge < -0.3 is 0 Å². The van der Waals surface area contributed by atoms with Crippen LogP contribution < -0.4 is 0 Å². The largest absolute Gasteiger partial charge is 0.271 e. The second-order valence-corrected chi connectivity index (χ2v) is 2.62. The lowest BCUT2D eigenvalue weighted by Crippen LogP contribution is -1.96. The summed E-state index contributed by atoms with van der Waals surface area (Å²) in [5, 5.41) is 12.8. The van der Waals surface area contributed by atoms with Crippen molar-refractivity contribution in [2.24, 2.45) is 0 Å². The van der Waals surface area contributed by atoms with Crippen LogP contribution in [-0.2, 0) is 6.54 Å². The predicted molar refractivity (Wildman–Crippen MR) is 42.1 cm³/mol. The minimum atomic E-state index is 0.567. The SMILES string of the molecule is N#CCCCn1cc(Cl)cn1. The average Bonchev–Trinajstić information content (AvgIpc) is 2.37. The standard InChI is InChI=1S/C7H8ClN3/c8-7-5-10-11(6-7)4-2-1-3-9/h5-6H,1-2,4H2. The molecule has 0 atom stereocenters. The van der Waals surface area contributed by atoms with Gasteiger partial charge in [-0.05, 0) is 6.42 Å². The van der Waals surface area contributed by atoms with Crippen molar-refractivity contribution in [1.29, 1.82) is 5.26 Å². The van der Waals surface area contributed by atoms with Crippen LogP contribution in [-0.4, -0.2) is 9.78 Å². The molecule has 0 N–H and O–H groups in total. The van der Waals surface area contributed by atoms with Crippen LogP contribution in [0.3, 0.4) is 0 Å². The average molecular weight is 170 g/mol. The summed E-state index contributed by atoms with van der Waals surface area (Å²) in [6, 6.07) is 2.07. The molecule has 0 aliphatic heterocycles. The van der Waals surface area contributed by atoms with E-state index in [2.05, 4.69) is 11.2 Å². The van der Waals surface area contributed by atoms with Gasteiger partial charge in [-0.1, -0.05) is 11.6 Å². The number of hydrogen-bond donors (Lipinski definition) is 0. The van der Waals surface area contributed by atoms with E-state index in [1.807, 2.05) is 0 Å². The van der Waals surface area contributed by atoms with Gasteiger partial charge in [0.15, 0.2) is 0 Å². The third-order valence-corrected chi connectivity index (χ3v) is 1.47. The Hall–Kier alpha value is -1.01. The molecule has 0 amide bonds. The third kappa shape index (κ3) is 2.60. The Morgan fingerprint density at radius 1 is 1.73 bits per heavy atom. The highest BCUT2D eigenvalue weighted by atomic mass is 35.5. The Morgan fingerprint density at radius 2 is 2.55 bits per heavy atom. The van der Waals surface area contributed by atoms with Gasteiger partial charge in [0.2, 0.25) is 0 Å². The molecule has 4 heteroatoms. The molecule has 0 fully saturated rings. The molecule has 3 nitrogen and oxygen atoms in total.